The second kappa shape index (κ2) is 4.86. The Hall–Kier alpha value is -1.04. The van der Waals surface area contributed by atoms with Crippen molar-refractivity contribution >= 4 is 0 Å². The zero-order valence-corrected chi connectivity index (χ0v) is 8.75. The maximum atomic E-state index is 2.28. The van der Waals surface area contributed by atoms with Crippen molar-refractivity contribution in [3.8, 4) is 0 Å². The molecule has 1 rings (SSSR count). The molecule has 0 spiro atoms. The summed E-state index contributed by atoms with van der Waals surface area (Å²) in [7, 11) is 0. The third kappa shape index (κ3) is 3.06. The molecule has 0 heteroatoms. The van der Waals surface area contributed by atoms with E-state index >= 15 is 0 Å². The minimum atomic E-state index is 0.657. The van der Waals surface area contributed by atoms with E-state index in [1.165, 1.54) is 11.1 Å². The van der Waals surface area contributed by atoms with Crippen molar-refractivity contribution in [3.63, 3.8) is 0 Å². The first-order valence-corrected chi connectivity index (χ1v) is 4.92. The highest BCUT2D eigenvalue weighted by Gasteiger charge is 1.98. The van der Waals surface area contributed by atoms with Gasteiger partial charge >= 0.3 is 0 Å². The normalized spacial score (nSPS) is 23.8. The number of rotatable bonds is 1. The van der Waals surface area contributed by atoms with E-state index < -0.39 is 0 Å². The molecule has 0 heterocycles. The molecule has 0 saturated heterocycles. The average molecular weight is 174 g/mol. The van der Waals surface area contributed by atoms with Gasteiger partial charge in [0.15, 0.2) is 0 Å². The smallest absolute Gasteiger partial charge is 0.0224 e. The molecule has 0 bridgehead atoms. The van der Waals surface area contributed by atoms with Gasteiger partial charge in [0.2, 0.25) is 0 Å². The first-order chi connectivity index (χ1) is 6.24. The summed E-state index contributed by atoms with van der Waals surface area (Å²) >= 11 is 0. The summed E-state index contributed by atoms with van der Waals surface area (Å²) in [6, 6.07) is 0. The van der Waals surface area contributed by atoms with E-state index in [0.29, 0.717) is 5.92 Å². The molecule has 0 nitrogen and oxygen atoms in total. The van der Waals surface area contributed by atoms with Crippen LogP contribution in [0.25, 0.3) is 0 Å². The topological polar surface area (TPSA) is 0 Å². The molecule has 0 aliphatic heterocycles. The zero-order chi connectivity index (χ0) is 9.68. The fraction of sp³-hybridized carbons (Fsp3) is 0.385. The van der Waals surface area contributed by atoms with Gasteiger partial charge in [0.05, 0.1) is 0 Å². The molecule has 1 aliphatic rings. The lowest BCUT2D eigenvalue weighted by Crippen LogP contribution is -1.90. The average Bonchev–Trinajstić information content (AvgIpc) is 2.11. The standard InChI is InChI=1S/C13H18/c1-4-12(3)13-8-6-5-7-11(2)9-10-13/h4-6,8-11H,7H2,1-3H3. The highest BCUT2D eigenvalue weighted by atomic mass is 14.0. The summed E-state index contributed by atoms with van der Waals surface area (Å²) in [6.07, 6.45) is 14.4. The second-order valence-electron chi connectivity index (χ2n) is 3.59. The Labute approximate surface area is 81.4 Å². The molecule has 0 radical (unpaired) electrons. The summed E-state index contributed by atoms with van der Waals surface area (Å²) in [5.41, 5.74) is 2.67. The van der Waals surface area contributed by atoms with Crippen LogP contribution in [0.1, 0.15) is 27.2 Å². The molecule has 1 atom stereocenters. The molecule has 1 aliphatic carbocycles. The van der Waals surface area contributed by atoms with Crippen LogP contribution in [0.5, 0.6) is 0 Å². The van der Waals surface area contributed by atoms with Crippen molar-refractivity contribution < 1.29 is 0 Å². The lowest BCUT2D eigenvalue weighted by molar-refractivity contribution is 0.743. The lowest BCUT2D eigenvalue weighted by Gasteiger charge is -2.06. The van der Waals surface area contributed by atoms with Gasteiger partial charge < -0.3 is 0 Å². The predicted molar refractivity (Wildman–Crippen MR) is 59.6 cm³/mol. The SMILES string of the molecule is CC=C(C)C1=CC=CCC(C)C=C1. The molecule has 1 unspecified atom stereocenters. The van der Waals surface area contributed by atoms with Gasteiger partial charge in [-0.3, -0.25) is 0 Å². The van der Waals surface area contributed by atoms with Crippen molar-refractivity contribution in [1.29, 1.82) is 0 Å². The van der Waals surface area contributed by atoms with Crippen molar-refractivity contribution in [2.75, 3.05) is 0 Å². The van der Waals surface area contributed by atoms with E-state index in [0.717, 1.165) is 6.42 Å². The molecule has 0 aromatic rings. The van der Waals surface area contributed by atoms with Crippen molar-refractivity contribution in [2.45, 2.75) is 27.2 Å². The van der Waals surface area contributed by atoms with E-state index in [-0.39, 0.29) is 0 Å². The Morgan fingerprint density at radius 3 is 3.00 bits per heavy atom. The first kappa shape index (κ1) is 10.0. The fourth-order valence-corrected chi connectivity index (χ4v) is 1.30. The second-order valence-corrected chi connectivity index (χ2v) is 3.59. The largest absolute Gasteiger partial charge is 0.0841 e. The fourth-order valence-electron chi connectivity index (χ4n) is 1.30. The van der Waals surface area contributed by atoms with Gasteiger partial charge in [0, 0.05) is 0 Å². The Bertz CT molecular complexity index is 274. The maximum absolute atomic E-state index is 2.28. The van der Waals surface area contributed by atoms with Crippen LogP contribution in [0.4, 0.5) is 0 Å². The molecular formula is C13H18. The quantitative estimate of drug-likeness (QED) is 0.563. The van der Waals surface area contributed by atoms with Gasteiger partial charge in [-0.15, -0.1) is 0 Å². The molecule has 0 amide bonds. The van der Waals surface area contributed by atoms with E-state index in [4.69, 9.17) is 0 Å². The van der Waals surface area contributed by atoms with Gasteiger partial charge in [-0.1, -0.05) is 43.4 Å². The van der Waals surface area contributed by atoms with Gasteiger partial charge in [0.25, 0.3) is 0 Å². The third-order valence-electron chi connectivity index (χ3n) is 2.41. The van der Waals surface area contributed by atoms with Crippen LogP contribution in [0.15, 0.2) is 47.6 Å². The van der Waals surface area contributed by atoms with Gasteiger partial charge in [-0.25, -0.2) is 0 Å². The highest BCUT2D eigenvalue weighted by Crippen LogP contribution is 2.16. The lowest BCUT2D eigenvalue weighted by atomic mass is 9.99. The van der Waals surface area contributed by atoms with Crippen LogP contribution >= 0.6 is 0 Å². The van der Waals surface area contributed by atoms with Crippen LogP contribution in [0.3, 0.4) is 0 Å². The Balaban J connectivity index is 2.89. The van der Waals surface area contributed by atoms with Gasteiger partial charge in [-0.2, -0.15) is 0 Å². The Morgan fingerprint density at radius 1 is 1.54 bits per heavy atom. The van der Waals surface area contributed by atoms with Crippen molar-refractivity contribution in [3.05, 3.63) is 47.6 Å². The monoisotopic (exact) mass is 174 g/mol. The molecule has 0 aromatic heterocycles. The molecular weight excluding hydrogens is 156 g/mol. The van der Waals surface area contributed by atoms with E-state index in [1.807, 2.05) is 0 Å². The molecule has 70 valence electrons. The summed E-state index contributed by atoms with van der Waals surface area (Å²) in [5.74, 6) is 0.657. The summed E-state index contributed by atoms with van der Waals surface area (Å²) < 4.78 is 0. The Morgan fingerprint density at radius 2 is 2.31 bits per heavy atom. The summed E-state index contributed by atoms with van der Waals surface area (Å²) in [4.78, 5) is 0. The third-order valence-corrected chi connectivity index (χ3v) is 2.41. The molecule has 0 fully saturated rings. The van der Waals surface area contributed by atoms with Gasteiger partial charge in [0.1, 0.15) is 0 Å². The van der Waals surface area contributed by atoms with Crippen molar-refractivity contribution in [2.24, 2.45) is 5.92 Å². The molecule has 0 aromatic carbocycles. The van der Waals surface area contributed by atoms with Crippen molar-refractivity contribution in [1.82, 2.24) is 0 Å². The minimum absolute atomic E-state index is 0.657. The molecule has 0 saturated carbocycles. The van der Waals surface area contributed by atoms with Crippen LogP contribution in [0.2, 0.25) is 0 Å². The maximum Gasteiger partial charge on any atom is -0.0224 e. The highest BCUT2D eigenvalue weighted by molar-refractivity contribution is 5.41. The number of allylic oxidation sites excluding steroid dienone is 8. The predicted octanol–water partition coefficient (Wildman–Crippen LogP) is 4.03. The first-order valence-electron chi connectivity index (χ1n) is 4.92. The van der Waals surface area contributed by atoms with Crippen LogP contribution in [-0.2, 0) is 0 Å². The molecule has 13 heavy (non-hydrogen) atoms. The van der Waals surface area contributed by atoms with Crippen LogP contribution in [-0.4, -0.2) is 0 Å². The van der Waals surface area contributed by atoms with E-state index in [9.17, 15) is 0 Å². The zero-order valence-electron chi connectivity index (χ0n) is 8.75. The number of hydrogen-bond acceptors (Lipinski definition) is 0. The minimum Gasteiger partial charge on any atom is -0.0841 e. The molecule has 0 N–H and O–H groups in total. The van der Waals surface area contributed by atoms with Crippen LogP contribution in [0, 0.1) is 5.92 Å². The number of hydrogen-bond donors (Lipinski definition) is 0. The summed E-state index contributed by atoms with van der Waals surface area (Å²) in [6.45, 7) is 6.47. The van der Waals surface area contributed by atoms with E-state index in [2.05, 4.69) is 57.2 Å². The summed E-state index contributed by atoms with van der Waals surface area (Å²) in [5, 5.41) is 0. The van der Waals surface area contributed by atoms with Gasteiger partial charge in [-0.05, 0) is 37.3 Å². The van der Waals surface area contributed by atoms with Crippen LogP contribution < -0.4 is 0 Å². The Kier molecular flexibility index (Phi) is 3.75. The van der Waals surface area contributed by atoms with E-state index in [1.54, 1.807) is 0 Å².